The van der Waals surface area contributed by atoms with Crippen molar-refractivity contribution in [2.45, 2.75) is 19.9 Å². The maximum Gasteiger partial charge on any atom is 0.326 e. The van der Waals surface area contributed by atoms with E-state index in [4.69, 9.17) is 28.3 Å². The van der Waals surface area contributed by atoms with E-state index in [9.17, 15) is 9.59 Å². The smallest absolute Gasteiger partial charge is 0.326 e. The summed E-state index contributed by atoms with van der Waals surface area (Å²) in [5, 5.41) is 11.8. The van der Waals surface area contributed by atoms with Crippen LogP contribution >= 0.6 is 23.2 Å². The van der Waals surface area contributed by atoms with Gasteiger partial charge >= 0.3 is 5.97 Å². The Bertz CT molecular complexity index is 454. The SMILES string of the molecule is CC(C)C(NC(=O)c1c(Cl)cccc1Cl)C(=O)O. The summed E-state index contributed by atoms with van der Waals surface area (Å²) >= 11 is 11.7. The van der Waals surface area contributed by atoms with E-state index >= 15 is 0 Å². The molecule has 1 atom stereocenters. The summed E-state index contributed by atoms with van der Waals surface area (Å²) in [6, 6.07) is 3.67. The standard InChI is InChI=1S/C12H13Cl2NO3/c1-6(2)10(12(17)18)15-11(16)9-7(13)4-3-5-8(9)14/h3-6,10H,1-2H3,(H,15,16)(H,17,18). The second-order valence-corrected chi connectivity index (χ2v) is 4.94. The molecule has 0 aliphatic heterocycles. The Hall–Kier alpha value is -1.26. The molecule has 0 aromatic heterocycles. The summed E-state index contributed by atoms with van der Waals surface area (Å²) in [5.41, 5.74) is 0.0905. The lowest BCUT2D eigenvalue weighted by molar-refractivity contribution is -0.140. The number of carbonyl (C=O) groups excluding carboxylic acids is 1. The number of aliphatic carboxylic acids is 1. The van der Waals surface area contributed by atoms with Crippen LogP contribution in [-0.4, -0.2) is 23.0 Å². The van der Waals surface area contributed by atoms with Crippen LogP contribution in [0.4, 0.5) is 0 Å². The number of hydrogen-bond donors (Lipinski definition) is 2. The molecule has 0 bridgehead atoms. The molecular weight excluding hydrogens is 277 g/mol. The predicted octanol–water partition coefficient (Wildman–Crippen LogP) is 2.83. The molecule has 0 spiro atoms. The van der Waals surface area contributed by atoms with Crippen molar-refractivity contribution in [3.63, 3.8) is 0 Å². The van der Waals surface area contributed by atoms with E-state index in [0.29, 0.717) is 0 Å². The first-order chi connectivity index (χ1) is 8.34. The second kappa shape index (κ2) is 6.07. The van der Waals surface area contributed by atoms with Gasteiger partial charge in [0.1, 0.15) is 6.04 Å². The topological polar surface area (TPSA) is 66.4 Å². The molecule has 0 fully saturated rings. The lowest BCUT2D eigenvalue weighted by Gasteiger charge is -2.18. The lowest BCUT2D eigenvalue weighted by atomic mass is 10.0. The van der Waals surface area contributed by atoms with E-state index in [-0.39, 0.29) is 21.5 Å². The molecule has 98 valence electrons. The van der Waals surface area contributed by atoms with Crippen LogP contribution in [0, 0.1) is 5.92 Å². The van der Waals surface area contributed by atoms with Crippen LogP contribution in [0.25, 0.3) is 0 Å². The van der Waals surface area contributed by atoms with Crippen molar-refractivity contribution in [3.05, 3.63) is 33.8 Å². The first-order valence-corrected chi connectivity index (χ1v) is 6.08. The molecule has 6 heteroatoms. The van der Waals surface area contributed by atoms with Crippen molar-refractivity contribution < 1.29 is 14.7 Å². The average molecular weight is 290 g/mol. The van der Waals surface area contributed by atoms with Crippen molar-refractivity contribution in [1.29, 1.82) is 0 Å². The number of hydrogen-bond acceptors (Lipinski definition) is 2. The maximum absolute atomic E-state index is 12.0. The number of benzene rings is 1. The van der Waals surface area contributed by atoms with E-state index in [2.05, 4.69) is 5.32 Å². The Morgan fingerprint density at radius 1 is 1.22 bits per heavy atom. The Labute approximate surface area is 115 Å². The number of nitrogens with one attached hydrogen (secondary N) is 1. The predicted molar refractivity (Wildman–Crippen MR) is 70.2 cm³/mol. The minimum atomic E-state index is -1.10. The fourth-order valence-electron chi connectivity index (χ4n) is 1.44. The Morgan fingerprint density at radius 2 is 1.72 bits per heavy atom. The van der Waals surface area contributed by atoms with E-state index in [1.54, 1.807) is 19.9 Å². The van der Waals surface area contributed by atoms with Gasteiger partial charge in [-0.05, 0) is 18.1 Å². The highest BCUT2D eigenvalue weighted by Gasteiger charge is 2.25. The Morgan fingerprint density at radius 3 is 2.11 bits per heavy atom. The van der Waals surface area contributed by atoms with E-state index in [0.717, 1.165) is 0 Å². The minimum Gasteiger partial charge on any atom is -0.480 e. The third kappa shape index (κ3) is 3.37. The number of rotatable bonds is 4. The fraction of sp³-hybridized carbons (Fsp3) is 0.333. The molecule has 1 rings (SSSR count). The van der Waals surface area contributed by atoms with E-state index in [1.807, 2.05) is 0 Å². The normalized spacial score (nSPS) is 12.3. The Kier molecular flexibility index (Phi) is 4.99. The number of carboxylic acids is 1. The number of amides is 1. The number of halogens is 2. The summed E-state index contributed by atoms with van der Waals surface area (Å²) in [6.07, 6.45) is 0. The van der Waals surface area contributed by atoms with Crippen LogP contribution in [-0.2, 0) is 4.79 Å². The summed E-state index contributed by atoms with van der Waals surface area (Å²) < 4.78 is 0. The average Bonchev–Trinajstić information content (AvgIpc) is 2.24. The largest absolute Gasteiger partial charge is 0.480 e. The third-order valence-electron chi connectivity index (χ3n) is 2.41. The zero-order valence-corrected chi connectivity index (χ0v) is 11.4. The molecule has 0 radical (unpaired) electrons. The summed E-state index contributed by atoms with van der Waals surface area (Å²) in [4.78, 5) is 23.0. The van der Waals surface area contributed by atoms with Crippen molar-refractivity contribution in [2.75, 3.05) is 0 Å². The first kappa shape index (κ1) is 14.8. The number of carboxylic acid groups (broad SMARTS) is 1. The van der Waals surface area contributed by atoms with Crippen LogP contribution in [0.1, 0.15) is 24.2 Å². The lowest BCUT2D eigenvalue weighted by Crippen LogP contribution is -2.44. The molecule has 0 saturated carbocycles. The van der Waals surface area contributed by atoms with Crippen molar-refractivity contribution in [3.8, 4) is 0 Å². The summed E-state index contributed by atoms with van der Waals surface area (Å²) in [6.45, 7) is 3.40. The summed E-state index contributed by atoms with van der Waals surface area (Å²) in [5.74, 6) is -1.93. The quantitative estimate of drug-likeness (QED) is 0.896. The van der Waals surface area contributed by atoms with E-state index in [1.165, 1.54) is 12.1 Å². The molecular formula is C12H13Cl2NO3. The van der Waals surface area contributed by atoms with Gasteiger partial charge in [0.15, 0.2) is 0 Å². The first-order valence-electron chi connectivity index (χ1n) is 5.32. The van der Waals surface area contributed by atoms with Crippen molar-refractivity contribution >= 4 is 35.1 Å². The monoisotopic (exact) mass is 289 g/mol. The molecule has 18 heavy (non-hydrogen) atoms. The molecule has 0 saturated heterocycles. The highest BCUT2D eigenvalue weighted by molar-refractivity contribution is 6.39. The molecule has 0 heterocycles. The molecule has 1 unspecified atom stereocenters. The number of carbonyl (C=O) groups is 2. The van der Waals surface area contributed by atoms with Gasteiger partial charge < -0.3 is 10.4 Å². The van der Waals surface area contributed by atoms with Gasteiger partial charge in [0.25, 0.3) is 5.91 Å². The molecule has 1 aromatic carbocycles. The highest BCUT2D eigenvalue weighted by atomic mass is 35.5. The van der Waals surface area contributed by atoms with Crippen LogP contribution in [0.15, 0.2) is 18.2 Å². The Balaban J connectivity index is 2.98. The second-order valence-electron chi connectivity index (χ2n) is 4.13. The van der Waals surface area contributed by atoms with Crippen LogP contribution < -0.4 is 5.32 Å². The van der Waals surface area contributed by atoms with Gasteiger partial charge in [0.2, 0.25) is 0 Å². The maximum atomic E-state index is 12.0. The van der Waals surface area contributed by atoms with E-state index < -0.39 is 17.9 Å². The third-order valence-corrected chi connectivity index (χ3v) is 3.04. The van der Waals surface area contributed by atoms with Gasteiger partial charge in [-0.2, -0.15) is 0 Å². The van der Waals surface area contributed by atoms with Gasteiger partial charge in [0.05, 0.1) is 15.6 Å². The molecule has 2 N–H and O–H groups in total. The van der Waals surface area contributed by atoms with Crippen LogP contribution in [0.2, 0.25) is 10.0 Å². The van der Waals surface area contributed by atoms with Crippen LogP contribution in [0.3, 0.4) is 0 Å². The van der Waals surface area contributed by atoms with Gasteiger partial charge in [-0.3, -0.25) is 4.79 Å². The summed E-state index contributed by atoms with van der Waals surface area (Å²) in [7, 11) is 0. The molecule has 4 nitrogen and oxygen atoms in total. The minimum absolute atomic E-state index is 0.0905. The molecule has 1 amide bonds. The highest BCUT2D eigenvalue weighted by Crippen LogP contribution is 2.24. The van der Waals surface area contributed by atoms with Crippen molar-refractivity contribution in [2.24, 2.45) is 5.92 Å². The zero-order chi connectivity index (χ0) is 13.9. The van der Waals surface area contributed by atoms with Gasteiger partial charge in [0, 0.05) is 0 Å². The van der Waals surface area contributed by atoms with Gasteiger partial charge in [-0.15, -0.1) is 0 Å². The van der Waals surface area contributed by atoms with Gasteiger partial charge in [-0.25, -0.2) is 4.79 Å². The fourth-order valence-corrected chi connectivity index (χ4v) is 2.01. The molecule has 0 aliphatic rings. The van der Waals surface area contributed by atoms with Crippen LogP contribution in [0.5, 0.6) is 0 Å². The zero-order valence-electron chi connectivity index (χ0n) is 9.91. The molecule has 1 aromatic rings. The molecule has 0 aliphatic carbocycles. The van der Waals surface area contributed by atoms with Crippen molar-refractivity contribution in [1.82, 2.24) is 5.32 Å². The van der Waals surface area contributed by atoms with Gasteiger partial charge in [-0.1, -0.05) is 43.1 Å².